The van der Waals surface area contributed by atoms with Crippen molar-refractivity contribution in [3.8, 4) is 0 Å². The Kier molecular flexibility index (Phi) is 3.61. The molecule has 2 nitrogen and oxygen atoms in total. The second kappa shape index (κ2) is 5.05. The van der Waals surface area contributed by atoms with Crippen molar-refractivity contribution in [2.75, 3.05) is 5.32 Å². The van der Waals surface area contributed by atoms with E-state index in [-0.39, 0.29) is 5.69 Å². The fourth-order valence-electron chi connectivity index (χ4n) is 1.67. The van der Waals surface area contributed by atoms with Gasteiger partial charge in [0.2, 0.25) is 0 Å². The van der Waals surface area contributed by atoms with E-state index in [4.69, 9.17) is 0 Å². The van der Waals surface area contributed by atoms with Crippen molar-refractivity contribution in [3.05, 3.63) is 51.0 Å². The van der Waals surface area contributed by atoms with Gasteiger partial charge in [-0.05, 0) is 32.0 Å². The molecular weight excluding hydrogens is 275 g/mol. The number of carbonyl (C=O) groups is 1. The molecule has 2 aromatic rings. The number of nitrogens with one attached hydrogen (secondary N) is 1. The van der Waals surface area contributed by atoms with Crippen LogP contribution in [-0.2, 0) is 0 Å². The quantitative estimate of drug-likeness (QED) is 0.829. The number of benzene rings is 1. The van der Waals surface area contributed by atoms with Gasteiger partial charge in [0.05, 0.1) is 11.3 Å². The summed E-state index contributed by atoms with van der Waals surface area (Å²) < 4.78 is 39.2. The molecule has 2 rings (SSSR count). The van der Waals surface area contributed by atoms with Crippen molar-refractivity contribution >= 4 is 22.9 Å². The molecule has 1 aromatic heterocycles. The van der Waals surface area contributed by atoms with Gasteiger partial charge < -0.3 is 5.32 Å². The maximum absolute atomic E-state index is 13.4. The maximum atomic E-state index is 13.4. The Labute approximate surface area is 111 Å². The third-order valence-electron chi connectivity index (χ3n) is 2.57. The van der Waals surface area contributed by atoms with Gasteiger partial charge in [0.25, 0.3) is 5.91 Å². The second-order valence-electron chi connectivity index (χ2n) is 4.00. The molecule has 0 atom stereocenters. The molecule has 0 spiro atoms. The molecule has 0 aliphatic carbocycles. The predicted octanol–water partition coefficient (Wildman–Crippen LogP) is 4.03. The summed E-state index contributed by atoms with van der Waals surface area (Å²) in [4.78, 5) is 13.6. The zero-order valence-corrected chi connectivity index (χ0v) is 11.0. The van der Waals surface area contributed by atoms with Crippen molar-refractivity contribution in [1.29, 1.82) is 0 Å². The van der Waals surface area contributed by atoms with Gasteiger partial charge in [-0.1, -0.05) is 0 Å². The number of thiophene rings is 1. The minimum absolute atomic E-state index is 0.382. The van der Waals surface area contributed by atoms with Crippen LogP contribution in [0.15, 0.2) is 18.2 Å². The number of amides is 1. The van der Waals surface area contributed by atoms with E-state index >= 15 is 0 Å². The number of hydrogen-bond donors (Lipinski definition) is 1. The Morgan fingerprint density at radius 2 is 1.84 bits per heavy atom. The number of rotatable bonds is 2. The lowest BCUT2D eigenvalue weighted by Crippen LogP contribution is -2.14. The lowest BCUT2D eigenvalue weighted by atomic mass is 10.2. The Balaban J connectivity index is 2.29. The third-order valence-corrected chi connectivity index (χ3v) is 3.53. The van der Waals surface area contributed by atoms with Crippen LogP contribution < -0.4 is 5.32 Å². The molecule has 1 heterocycles. The predicted molar refractivity (Wildman–Crippen MR) is 68.1 cm³/mol. The van der Waals surface area contributed by atoms with Crippen molar-refractivity contribution in [3.63, 3.8) is 0 Å². The molecule has 1 amide bonds. The first-order valence-corrected chi connectivity index (χ1v) is 6.23. The molecular formula is C13H10F3NOS. The van der Waals surface area contributed by atoms with Gasteiger partial charge in [0, 0.05) is 9.75 Å². The number of carbonyl (C=O) groups excluding carboxylic acids is 1. The molecule has 0 unspecified atom stereocenters. The van der Waals surface area contributed by atoms with E-state index in [1.165, 1.54) is 11.3 Å². The summed E-state index contributed by atoms with van der Waals surface area (Å²) in [5, 5.41) is 2.23. The van der Waals surface area contributed by atoms with E-state index in [9.17, 15) is 18.0 Å². The summed E-state index contributed by atoms with van der Waals surface area (Å²) in [6.07, 6.45) is 0. The van der Waals surface area contributed by atoms with Crippen LogP contribution in [-0.4, -0.2) is 5.91 Å². The monoisotopic (exact) mass is 285 g/mol. The standard InChI is InChI=1S/C13H10F3NOS/c1-6-5-8(7(2)19-6)13(18)17-10-4-3-9(14)11(15)12(10)16/h3-5H,1-2H3,(H,17,18). The highest BCUT2D eigenvalue weighted by atomic mass is 32.1. The summed E-state index contributed by atoms with van der Waals surface area (Å²) in [5.74, 6) is -4.85. The molecule has 0 aliphatic rings. The summed E-state index contributed by atoms with van der Waals surface area (Å²) in [6, 6.07) is 3.41. The number of hydrogen-bond acceptors (Lipinski definition) is 2. The first-order valence-electron chi connectivity index (χ1n) is 5.42. The molecule has 6 heteroatoms. The largest absolute Gasteiger partial charge is 0.319 e. The smallest absolute Gasteiger partial charge is 0.256 e. The van der Waals surface area contributed by atoms with Crippen LogP contribution >= 0.6 is 11.3 Å². The molecule has 0 radical (unpaired) electrons. The third kappa shape index (κ3) is 2.63. The summed E-state index contributed by atoms with van der Waals surface area (Å²) in [5.41, 5.74) is 0.0128. The first-order chi connectivity index (χ1) is 8.90. The van der Waals surface area contributed by atoms with E-state index in [1.807, 2.05) is 6.92 Å². The van der Waals surface area contributed by atoms with Gasteiger partial charge in [0.15, 0.2) is 17.5 Å². The molecule has 0 saturated carbocycles. The van der Waals surface area contributed by atoms with Gasteiger partial charge in [-0.25, -0.2) is 13.2 Å². The molecule has 0 fully saturated rings. The van der Waals surface area contributed by atoms with Gasteiger partial charge in [0.1, 0.15) is 0 Å². The topological polar surface area (TPSA) is 29.1 Å². The zero-order valence-electron chi connectivity index (χ0n) is 10.2. The van der Waals surface area contributed by atoms with E-state index in [0.29, 0.717) is 5.56 Å². The fourth-order valence-corrected chi connectivity index (χ4v) is 2.59. The minimum atomic E-state index is -1.60. The molecule has 19 heavy (non-hydrogen) atoms. The number of aryl methyl sites for hydroxylation is 2. The van der Waals surface area contributed by atoms with Crippen molar-refractivity contribution in [2.45, 2.75) is 13.8 Å². The maximum Gasteiger partial charge on any atom is 0.256 e. The zero-order chi connectivity index (χ0) is 14.2. The van der Waals surface area contributed by atoms with Crippen molar-refractivity contribution in [2.24, 2.45) is 0 Å². The SMILES string of the molecule is Cc1cc(C(=O)Nc2ccc(F)c(F)c2F)c(C)s1. The highest BCUT2D eigenvalue weighted by Gasteiger charge is 2.17. The Hall–Kier alpha value is -1.82. The van der Waals surface area contributed by atoms with E-state index in [0.717, 1.165) is 21.9 Å². The molecule has 0 aliphatic heterocycles. The number of halogens is 3. The van der Waals surface area contributed by atoms with Crippen molar-refractivity contribution < 1.29 is 18.0 Å². The Morgan fingerprint density at radius 3 is 2.42 bits per heavy atom. The van der Waals surface area contributed by atoms with Gasteiger partial charge in [-0.15, -0.1) is 11.3 Å². The average Bonchev–Trinajstić information content (AvgIpc) is 2.69. The Bertz CT molecular complexity index is 652. The van der Waals surface area contributed by atoms with E-state index in [2.05, 4.69) is 5.32 Å². The lowest BCUT2D eigenvalue weighted by Gasteiger charge is -2.07. The lowest BCUT2D eigenvalue weighted by molar-refractivity contribution is 0.102. The fraction of sp³-hybridized carbons (Fsp3) is 0.154. The van der Waals surface area contributed by atoms with Crippen LogP contribution in [0.1, 0.15) is 20.1 Å². The second-order valence-corrected chi connectivity index (χ2v) is 5.46. The molecule has 0 bridgehead atoms. The van der Waals surface area contributed by atoms with Crippen LogP contribution in [0, 0.1) is 31.3 Å². The van der Waals surface area contributed by atoms with Crippen molar-refractivity contribution in [1.82, 2.24) is 0 Å². The summed E-state index contributed by atoms with van der Waals surface area (Å²) >= 11 is 1.43. The van der Waals surface area contributed by atoms with Crippen LogP contribution in [0.2, 0.25) is 0 Å². The number of anilines is 1. The molecule has 0 saturated heterocycles. The first kappa shape index (κ1) is 13.6. The van der Waals surface area contributed by atoms with Gasteiger partial charge >= 0.3 is 0 Å². The highest BCUT2D eigenvalue weighted by molar-refractivity contribution is 7.12. The normalized spacial score (nSPS) is 10.6. The molecule has 1 aromatic carbocycles. The van der Waals surface area contributed by atoms with Crippen LogP contribution in [0.5, 0.6) is 0 Å². The summed E-state index contributed by atoms with van der Waals surface area (Å²) in [6.45, 7) is 3.60. The molecule has 1 N–H and O–H groups in total. The summed E-state index contributed by atoms with van der Waals surface area (Å²) in [7, 11) is 0. The van der Waals surface area contributed by atoms with Crippen LogP contribution in [0.3, 0.4) is 0 Å². The highest BCUT2D eigenvalue weighted by Crippen LogP contribution is 2.24. The van der Waals surface area contributed by atoms with Crippen LogP contribution in [0.25, 0.3) is 0 Å². The van der Waals surface area contributed by atoms with E-state index in [1.54, 1.807) is 13.0 Å². The van der Waals surface area contributed by atoms with Gasteiger partial charge in [-0.2, -0.15) is 0 Å². The van der Waals surface area contributed by atoms with E-state index < -0.39 is 23.4 Å². The molecule has 100 valence electrons. The van der Waals surface area contributed by atoms with Gasteiger partial charge in [-0.3, -0.25) is 4.79 Å². The average molecular weight is 285 g/mol. The minimum Gasteiger partial charge on any atom is -0.319 e. The van der Waals surface area contributed by atoms with Crippen LogP contribution in [0.4, 0.5) is 18.9 Å². The Morgan fingerprint density at radius 1 is 1.16 bits per heavy atom.